The van der Waals surface area contributed by atoms with E-state index < -0.39 is 9.84 Å². The number of nitrogens with zero attached hydrogens (tertiary/aromatic N) is 3. The third-order valence-corrected chi connectivity index (χ3v) is 4.37. The van der Waals surface area contributed by atoms with Crippen LogP contribution in [-0.4, -0.2) is 24.6 Å². The van der Waals surface area contributed by atoms with E-state index in [-0.39, 0.29) is 10.6 Å². The minimum absolute atomic E-state index is 0.250. The molecule has 1 aromatic heterocycles. The van der Waals surface area contributed by atoms with Crippen LogP contribution in [-0.2, 0) is 9.84 Å². The minimum atomic E-state index is -3.19. The first-order chi connectivity index (χ1) is 9.00. The Morgan fingerprint density at radius 3 is 2.37 bits per heavy atom. The van der Waals surface area contributed by atoms with Gasteiger partial charge in [-0.05, 0) is 24.3 Å². The monoisotopic (exact) mass is 291 g/mol. The lowest BCUT2D eigenvalue weighted by atomic mass is 10.4. The molecule has 0 amide bonds. The standard InChI is InChI=1S/C12H9N3O2S2/c1-19(16,17)10-4-2-9(3-5-10)18-12-11(8-13)14-6-7-15-12/h2-7H,1H3. The van der Waals surface area contributed by atoms with E-state index in [1.165, 1.54) is 36.3 Å². The third-order valence-electron chi connectivity index (χ3n) is 2.24. The molecule has 0 atom stereocenters. The first-order valence-corrected chi connectivity index (χ1v) is 7.90. The zero-order valence-corrected chi connectivity index (χ0v) is 11.6. The molecule has 1 aromatic carbocycles. The zero-order chi connectivity index (χ0) is 13.9. The summed E-state index contributed by atoms with van der Waals surface area (Å²) in [5.74, 6) is 0. The lowest BCUT2D eigenvalue weighted by Crippen LogP contribution is -1.96. The van der Waals surface area contributed by atoms with Gasteiger partial charge in [-0.1, -0.05) is 11.8 Å². The molecule has 0 aliphatic carbocycles. The number of rotatable bonds is 3. The van der Waals surface area contributed by atoms with Crippen LogP contribution in [0.4, 0.5) is 0 Å². The van der Waals surface area contributed by atoms with Crippen LogP contribution >= 0.6 is 11.8 Å². The Morgan fingerprint density at radius 2 is 1.79 bits per heavy atom. The Bertz CT molecular complexity index is 734. The van der Waals surface area contributed by atoms with Gasteiger partial charge in [0, 0.05) is 23.5 Å². The molecule has 0 aliphatic heterocycles. The molecule has 5 nitrogen and oxygen atoms in total. The lowest BCUT2D eigenvalue weighted by Gasteiger charge is -2.03. The van der Waals surface area contributed by atoms with Crippen LogP contribution in [0.25, 0.3) is 0 Å². The summed E-state index contributed by atoms with van der Waals surface area (Å²) in [7, 11) is -3.19. The fourth-order valence-electron chi connectivity index (χ4n) is 1.34. The second-order valence-corrected chi connectivity index (χ2v) is 6.75. The van der Waals surface area contributed by atoms with Gasteiger partial charge in [-0.2, -0.15) is 5.26 Å². The van der Waals surface area contributed by atoms with Crippen molar-refractivity contribution in [1.82, 2.24) is 9.97 Å². The van der Waals surface area contributed by atoms with Crippen LogP contribution in [0, 0.1) is 11.3 Å². The molecule has 2 rings (SSSR count). The first kappa shape index (κ1) is 13.5. The van der Waals surface area contributed by atoms with Gasteiger partial charge >= 0.3 is 0 Å². The SMILES string of the molecule is CS(=O)(=O)c1ccc(Sc2nccnc2C#N)cc1. The van der Waals surface area contributed by atoms with Crippen molar-refractivity contribution < 1.29 is 8.42 Å². The van der Waals surface area contributed by atoms with Gasteiger partial charge in [0.25, 0.3) is 0 Å². The molecular formula is C12H9N3O2S2. The summed E-state index contributed by atoms with van der Waals surface area (Å²) in [6.45, 7) is 0. The number of sulfone groups is 1. The lowest BCUT2D eigenvalue weighted by molar-refractivity contribution is 0.602. The normalized spacial score (nSPS) is 10.9. The first-order valence-electron chi connectivity index (χ1n) is 5.20. The van der Waals surface area contributed by atoms with E-state index in [0.717, 1.165) is 11.2 Å². The van der Waals surface area contributed by atoms with Crippen LogP contribution in [0.1, 0.15) is 5.69 Å². The largest absolute Gasteiger partial charge is 0.245 e. The summed E-state index contributed by atoms with van der Waals surface area (Å²) in [4.78, 5) is 9.04. The van der Waals surface area contributed by atoms with Gasteiger partial charge in [0.2, 0.25) is 0 Å². The van der Waals surface area contributed by atoms with Crippen molar-refractivity contribution in [3.8, 4) is 6.07 Å². The molecule has 2 aromatic rings. The van der Waals surface area contributed by atoms with E-state index >= 15 is 0 Å². The number of aromatic nitrogens is 2. The van der Waals surface area contributed by atoms with E-state index in [1.807, 2.05) is 6.07 Å². The van der Waals surface area contributed by atoms with E-state index in [0.29, 0.717) is 5.03 Å². The van der Waals surface area contributed by atoms with Crippen molar-refractivity contribution in [1.29, 1.82) is 5.26 Å². The molecule has 19 heavy (non-hydrogen) atoms. The second kappa shape index (κ2) is 5.38. The molecule has 0 saturated carbocycles. The zero-order valence-electron chi connectivity index (χ0n) is 9.94. The van der Waals surface area contributed by atoms with E-state index in [9.17, 15) is 8.42 Å². The fraction of sp³-hybridized carbons (Fsp3) is 0.0833. The van der Waals surface area contributed by atoms with Gasteiger partial charge in [-0.3, -0.25) is 0 Å². The quantitative estimate of drug-likeness (QED) is 0.858. The molecule has 0 N–H and O–H groups in total. The highest BCUT2D eigenvalue weighted by atomic mass is 32.2. The highest BCUT2D eigenvalue weighted by Gasteiger charge is 2.09. The molecule has 0 saturated heterocycles. The second-order valence-electron chi connectivity index (χ2n) is 3.67. The Kier molecular flexibility index (Phi) is 3.83. The highest BCUT2D eigenvalue weighted by molar-refractivity contribution is 7.99. The average molecular weight is 291 g/mol. The summed E-state index contributed by atoms with van der Waals surface area (Å²) >= 11 is 1.27. The predicted molar refractivity (Wildman–Crippen MR) is 70.4 cm³/mol. The average Bonchev–Trinajstić information content (AvgIpc) is 2.39. The highest BCUT2D eigenvalue weighted by Crippen LogP contribution is 2.28. The van der Waals surface area contributed by atoms with Crippen LogP contribution in [0.3, 0.4) is 0 Å². The topological polar surface area (TPSA) is 83.7 Å². The molecule has 7 heteroatoms. The molecule has 96 valence electrons. The maximum Gasteiger partial charge on any atom is 0.175 e. The van der Waals surface area contributed by atoms with Gasteiger partial charge in [0.1, 0.15) is 11.1 Å². The summed E-state index contributed by atoms with van der Waals surface area (Å²) in [6, 6.07) is 8.37. The maximum absolute atomic E-state index is 11.3. The van der Waals surface area contributed by atoms with Crippen molar-refractivity contribution in [3.63, 3.8) is 0 Å². The number of nitriles is 1. The molecule has 0 fully saturated rings. The van der Waals surface area contributed by atoms with Crippen molar-refractivity contribution >= 4 is 21.6 Å². The Labute approximate surface area is 115 Å². The molecule has 0 bridgehead atoms. The van der Waals surface area contributed by atoms with Crippen LogP contribution in [0.15, 0.2) is 51.5 Å². The molecular weight excluding hydrogens is 282 g/mol. The predicted octanol–water partition coefficient (Wildman–Crippen LogP) is 1.90. The van der Waals surface area contributed by atoms with Crippen molar-refractivity contribution in [2.24, 2.45) is 0 Å². The summed E-state index contributed by atoms with van der Waals surface area (Å²) in [5.41, 5.74) is 0.250. The number of hydrogen-bond acceptors (Lipinski definition) is 6. The molecule has 0 aliphatic rings. The molecule has 0 unspecified atom stereocenters. The summed E-state index contributed by atoms with van der Waals surface area (Å²) in [6.07, 6.45) is 4.12. The van der Waals surface area contributed by atoms with Gasteiger partial charge in [0.05, 0.1) is 4.90 Å². The molecule has 1 heterocycles. The van der Waals surface area contributed by atoms with E-state index in [2.05, 4.69) is 9.97 Å². The van der Waals surface area contributed by atoms with Crippen LogP contribution < -0.4 is 0 Å². The summed E-state index contributed by atoms with van der Waals surface area (Å²) in [5, 5.41) is 9.40. The van der Waals surface area contributed by atoms with Crippen LogP contribution in [0.5, 0.6) is 0 Å². The molecule has 0 radical (unpaired) electrons. The van der Waals surface area contributed by atoms with Gasteiger partial charge < -0.3 is 0 Å². The Balaban J connectivity index is 2.28. The van der Waals surface area contributed by atoms with Gasteiger partial charge in [0.15, 0.2) is 15.5 Å². The van der Waals surface area contributed by atoms with Gasteiger partial charge in [-0.15, -0.1) is 0 Å². The summed E-state index contributed by atoms with van der Waals surface area (Å²) < 4.78 is 22.7. The van der Waals surface area contributed by atoms with Gasteiger partial charge in [-0.25, -0.2) is 18.4 Å². The Morgan fingerprint density at radius 1 is 1.16 bits per heavy atom. The van der Waals surface area contributed by atoms with E-state index in [4.69, 9.17) is 5.26 Å². The van der Waals surface area contributed by atoms with E-state index in [1.54, 1.807) is 12.1 Å². The van der Waals surface area contributed by atoms with Crippen molar-refractivity contribution in [3.05, 3.63) is 42.4 Å². The smallest absolute Gasteiger partial charge is 0.175 e. The minimum Gasteiger partial charge on any atom is -0.245 e. The number of hydrogen-bond donors (Lipinski definition) is 0. The van der Waals surface area contributed by atoms with Crippen LogP contribution in [0.2, 0.25) is 0 Å². The fourth-order valence-corrected chi connectivity index (χ4v) is 2.78. The van der Waals surface area contributed by atoms with Crippen molar-refractivity contribution in [2.75, 3.05) is 6.26 Å². The Hall–Kier alpha value is -1.91. The maximum atomic E-state index is 11.3. The third kappa shape index (κ3) is 3.30. The number of benzene rings is 1. The van der Waals surface area contributed by atoms with Crippen molar-refractivity contribution in [2.45, 2.75) is 14.8 Å². The molecule has 0 spiro atoms.